The second kappa shape index (κ2) is 10.2. The predicted octanol–water partition coefficient (Wildman–Crippen LogP) is 12.5. The maximum Gasteiger partial charge on any atom is 0.0582 e. The number of rotatable bonds is 3. The van der Waals surface area contributed by atoms with Crippen molar-refractivity contribution in [3.05, 3.63) is 168 Å². The lowest BCUT2D eigenvalue weighted by atomic mass is 9.75. The van der Waals surface area contributed by atoms with Crippen molar-refractivity contribution in [2.75, 3.05) is 0 Å². The van der Waals surface area contributed by atoms with Crippen molar-refractivity contribution < 1.29 is 0 Å². The molecule has 0 unspecified atom stereocenters. The third-order valence-electron chi connectivity index (χ3n) is 11.1. The van der Waals surface area contributed by atoms with Crippen LogP contribution in [0.2, 0.25) is 0 Å². The zero-order chi connectivity index (χ0) is 32.0. The molecule has 1 heteroatoms. The van der Waals surface area contributed by atoms with E-state index < -0.39 is 0 Å². The molecule has 0 fully saturated rings. The van der Waals surface area contributed by atoms with Gasteiger partial charge in [0.2, 0.25) is 0 Å². The summed E-state index contributed by atoms with van der Waals surface area (Å²) in [4.78, 5) is 0. The van der Waals surface area contributed by atoms with E-state index in [2.05, 4.69) is 170 Å². The molecule has 0 bridgehead atoms. The summed E-state index contributed by atoms with van der Waals surface area (Å²) >= 11 is 0. The Morgan fingerprint density at radius 2 is 1.17 bits per heavy atom. The summed E-state index contributed by atoms with van der Waals surface area (Å²) in [6.07, 6.45) is 6.82. The summed E-state index contributed by atoms with van der Waals surface area (Å²) in [5.74, 6) is 0. The topological polar surface area (TPSA) is 4.93 Å². The molecule has 0 atom stereocenters. The molecule has 0 saturated heterocycles. The third kappa shape index (κ3) is 3.79. The molecule has 7 aromatic carbocycles. The van der Waals surface area contributed by atoms with Gasteiger partial charge in [0.25, 0.3) is 0 Å². The second-order valence-electron chi connectivity index (χ2n) is 14.0. The Morgan fingerprint density at radius 3 is 2.00 bits per heavy atom. The molecular weight excluding hydrogens is 579 g/mol. The SMILES string of the molecule is CC1(C)c2ccccc2-n2c3ccc(-c4ccc(-c5c6c(c(-c7ccccc7)c7ccccc57)C=CCC6)cc4)cc3c3cccc1c32. The minimum atomic E-state index is -0.0579. The van der Waals surface area contributed by atoms with E-state index in [-0.39, 0.29) is 5.41 Å². The molecule has 48 heavy (non-hydrogen) atoms. The second-order valence-corrected chi connectivity index (χ2v) is 14.0. The van der Waals surface area contributed by atoms with Gasteiger partial charge < -0.3 is 4.57 Å². The van der Waals surface area contributed by atoms with Crippen LogP contribution in [-0.4, -0.2) is 4.57 Å². The zero-order valence-corrected chi connectivity index (χ0v) is 27.3. The first-order valence-electron chi connectivity index (χ1n) is 17.2. The third-order valence-corrected chi connectivity index (χ3v) is 11.1. The highest BCUT2D eigenvalue weighted by Gasteiger charge is 2.34. The van der Waals surface area contributed by atoms with Gasteiger partial charge in [-0.25, -0.2) is 0 Å². The van der Waals surface area contributed by atoms with E-state index in [1.54, 1.807) is 0 Å². The Morgan fingerprint density at radius 1 is 0.521 bits per heavy atom. The van der Waals surface area contributed by atoms with Crippen LogP contribution in [0.15, 0.2) is 146 Å². The van der Waals surface area contributed by atoms with Gasteiger partial charge in [0, 0.05) is 16.2 Å². The first-order chi connectivity index (χ1) is 23.6. The normalized spacial score (nSPS) is 14.4. The molecule has 0 spiro atoms. The van der Waals surface area contributed by atoms with E-state index in [4.69, 9.17) is 0 Å². The van der Waals surface area contributed by atoms with E-state index >= 15 is 0 Å². The maximum absolute atomic E-state index is 2.50. The Hall–Kier alpha value is -5.66. The number of fused-ring (bicyclic) bond motifs is 7. The number of benzene rings is 7. The maximum atomic E-state index is 2.50. The molecule has 228 valence electrons. The summed E-state index contributed by atoms with van der Waals surface area (Å²) in [5, 5.41) is 5.28. The molecule has 0 radical (unpaired) electrons. The van der Waals surface area contributed by atoms with E-state index in [1.165, 1.54) is 93.9 Å². The van der Waals surface area contributed by atoms with Crippen molar-refractivity contribution in [2.24, 2.45) is 0 Å². The fourth-order valence-electron chi connectivity index (χ4n) is 8.80. The van der Waals surface area contributed by atoms with E-state index in [0.29, 0.717) is 0 Å². The number of allylic oxidation sites excluding steroid dienone is 1. The minimum absolute atomic E-state index is 0.0579. The molecular formula is C47H35N. The van der Waals surface area contributed by atoms with Crippen LogP contribution in [-0.2, 0) is 11.8 Å². The fourth-order valence-corrected chi connectivity index (χ4v) is 8.80. The summed E-state index contributed by atoms with van der Waals surface area (Å²) in [7, 11) is 0. The molecule has 1 aliphatic carbocycles. The van der Waals surface area contributed by atoms with Gasteiger partial charge in [-0.05, 0) is 97.4 Å². The Bertz CT molecular complexity index is 2610. The van der Waals surface area contributed by atoms with E-state index in [0.717, 1.165) is 12.8 Å². The molecule has 0 N–H and O–H groups in total. The number of aromatic nitrogens is 1. The largest absolute Gasteiger partial charge is 0.309 e. The van der Waals surface area contributed by atoms with Crippen LogP contribution in [0, 0.1) is 0 Å². The summed E-state index contributed by atoms with van der Waals surface area (Å²) in [5.41, 5.74) is 17.2. The molecule has 0 saturated carbocycles. The lowest BCUT2D eigenvalue weighted by molar-refractivity contribution is 0.630. The number of para-hydroxylation sites is 2. The Balaban J connectivity index is 1.13. The molecule has 10 rings (SSSR count). The molecule has 2 heterocycles. The monoisotopic (exact) mass is 613 g/mol. The van der Waals surface area contributed by atoms with Crippen molar-refractivity contribution in [1.29, 1.82) is 0 Å². The van der Waals surface area contributed by atoms with Crippen molar-refractivity contribution in [1.82, 2.24) is 4.57 Å². The average Bonchev–Trinajstić information content (AvgIpc) is 3.47. The lowest BCUT2D eigenvalue weighted by Gasteiger charge is -2.34. The molecule has 1 aromatic heterocycles. The smallest absolute Gasteiger partial charge is 0.0582 e. The van der Waals surface area contributed by atoms with Crippen molar-refractivity contribution in [2.45, 2.75) is 32.1 Å². The summed E-state index contributed by atoms with van der Waals surface area (Å²) in [6.45, 7) is 4.72. The van der Waals surface area contributed by atoms with Gasteiger partial charge in [-0.3, -0.25) is 0 Å². The fraction of sp³-hybridized carbons (Fsp3) is 0.106. The van der Waals surface area contributed by atoms with E-state index in [9.17, 15) is 0 Å². The molecule has 1 nitrogen and oxygen atoms in total. The first kappa shape index (κ1) is 27.5. The van der Waals surface area contributed by atoms with Crippen LogP contribution in [0.3, 0.4) is 0 Å². The van der Waals surface area contributed by atoms with Gasteiger partial charge in [-0.2, -0.15) is 0 Å². The minimum Gasteiger partial charge on any atom is -0.309 e. The molecule has 0 amide bonds. The number of nitrogens with zero attached hydrogens (tertiary/aromatic N) is 1. The van der Waals surface area contributed by atoms with Crippen molar-refractivity contribution >= 4 is 38.7 Å². The predicted molar refractivity (Wildman–Crippen MR) is 204 cm³/mol. The summed E-state index contributed by atoms with van der Waals surface area (Å²) in [6, 6.07) is 52.0. The van der Waals surface area contributed by atoms with Crippen molar-refractivity contribution in [3.8, 4) is 39.1 Å². The average molecular weight is 614 g/mol. The van der Waals surface area contributed by atoms with Gasteiger partial charge in [0.1, 0.15) is 0 Å². The van der Waals surface area contributed by atoms with Crippen molar-refractivity contribution in [3.63, 3.8) is 0 Å². The van der Waals surface area contributed by atoms with Gasteiger partial charge in [0.15, 0.2) is 0 Å². The van der Waals surface area contributed by atoms with Gasteiger partial charge in [-0.15, -0.1) is 0 Å². The standard InChI is InChI=1S/C47H35N/c1-47(2)40-20-10-11-22-43(40)48-42-28-27-33(29-39(42)38-19-12-21-41(47)46(38)48)30-23-25-32(26-24-30)45-36-17-8-6-15-34(36)44(31-13-4-3-5-14-31)35-16-7-9-18-37(35)45/h3-8,10-17,19-29H,9,18H2,1-2H3. The van der Waals surface area contributed by atoms with Crippen LogP contribution in [0.4, 0.5) is 0 Å². The quantitative estimate of drug-likeness (QED) is 0.187. The summed E-state index contributed by atoms with van der Waals surface area (Å²) < 4.78 is 2.50. The molecule has 1 aliphatic heterocycles. The lowest BCUT2D eigenvalue weighted by Crippen LogP contribution is -2.26. The molecule has 8 aromatic rings. The Labute approximate surface area is 281 Å². The highest BCUT2D eigenvalue weighted by Crippen LogP contribution is 2.48. The van der Waals surface area contributed by atoms with Gasteiger partial charge in [0.05, 0.1) is 16.7 Å². The number of hydrogen-bond donors (Lipinski definition) is 0. The highest BCUT2D eigenvalue weighted by atomic mass is 15.0. The Kier molecular flexibility index (Phi) is 5.82. The van der Waals surface area contributed by atoms with Crippen LogP contribution >= 0.6 is 0 Å². The zero-order valence-electron chi connectivity index (χ0n) is 27.3. The molecule has 2 aliphatic rings. The van der Waals surface area contributed by atoms with Crippen LogP contribution in [0.5, 0.6) is 0 Å². The van der Waals surface area contributed by atoms with Crippen LogP contribution in [0.1, 0.15) is 42.5 Å². The van der Waals surface area contributed by atoms with Crippen LogP contribution < -0.4 is 0 Å². The number of hydrogen-bond acceptors (Lipinski definition) is 0. The van der Waals surface area contributed by atoms with Gasteiger partial charge >= 0.3 is 0 Å². The van der Waals surface area contributed by atoms with E-state index in [1.807, 2.05) is 0 Å². The van der Waals surface area contributed by atoms with Crippen LogP contribution in [0.25, 0.3) is 77.7 Å². The first-order valence-corrected chi connectivity index (χ1v) is 17.2. The highest BCUT2D eigenvalue weighted by molar-refractivity contribution is 6.13. The van der Waals surface area contributed by atoms with Gasteiger partial charge in [-0.1, -0.05) is 147 Å².